The van der Waals surface area contributed by atoms with Gasteiger partial charge in [-0.25, -0.2) is 5.92 Å². The van der Waals surface area contributed by atoms with E-state index in [1.807, 2.05) is 0 Å². The predicted octanol–water partition coefficient (Wildman–Crippen LogP) is 0.0998. The average molecular weight is 50.0 g/mol. The molecular weight excluding hydrogens is 50.0 g/mol. The summed E-state index contributed by atoms with van der Waals surface area (Å²) < 4.78 is 0. The highest BCUT2D eigenvalue weighted by molar-refractivity contribution is 5.03. The first-order valence-electron chi connectivity index (χ1n) is 0.724. The molecule has 0 aromatic carbocycles. The van der Waals surface area contributed by atoms with Crippen molar-refractivity contribution in [2.75, 3.05) is 0 Å². The Kier molecular flexibility index (Phi) is 1.56. The zero-order chi connectivity index (χ0) is 3.41. The van der Waals surface area contributed by atoms with Crippen molar-refractivity contribution in [1.82, 2.24) is 0 Å². The summed E-state index contributed by atoms with van der Waals surface area (Å²) in [6.45, 7) is 0. The van der Waals surface area contributed by atoms with Crippen LogP contribution >= 0.6 is 0 Å². The predicted molar refractivity (Wildman–Crippen MR) is 12.7 cm³/mol. The van der Waals surface area contributed by atoms with Gasteiger partial charge >= 0.3 is 0 Å². The molecule has 0 radical (unpaired) electrons. The second kappa shape index (κ2) is 2.05. The van der Waals surface area contributed by atoms with Gasteiger partial charge in [-0.2, -0.15) is 0 Å². The first-order valence-corrected chi connectivity index (χ1v) is 0.724. The van der Waals surface area contributed by atoms with Gasteiger partial charge in [0.15, 0.2) is 0 Å². The van der Waals surface area contributed by atoms with Gasteiger partial charge < -0.3 is 11.7 Å². The van der Waals surface area contributed by atoms with Crippen LogP contribution in [0, 0.1) is 23.7 Å². The molecule has 0 fully saturated rings. The van der Waals surface area contributed by atoms with Gasteiger partial charge in [-0.1, -0.05) is 6.07 Å². The fourth-order valence-electron chi connectivity index (χ4n) is 0. The lowest BCUT2D eigenvalue weighted by molar-refractivity contribution is 1.55. The van der Waals surface area contributed by atoms with Crippen molar-refractivity contribution >= 4 is 0 Å². The topological polar surface area (TPSA) is 23.8 Å². The van der Waals surface area contributed by atoms with Crippen molar-refractivity contribution in [3.05, 3.63) is 6.42 Å². The van der Waals surface area contributed by atoms with Crippen molar-refractivity contribution in [1.29, 1.82) is 5.26 Å². The Hall–Kier alpha value is -0.950. The first kappa shape index (κ1) is 3.05. The lowest BCUT2D eigenvalue weighted by atomic mass is 10.8. The fraction of sp³-hybridized carbons (Fsp3) is 0. The van der Waals surface area contributed by atoms with Gasteiger partial charge in [0.25, 0.3) is 0 Å². The van der Waals surface area contributed by atoms with E-state index in [1.165, 1.54) is 12.0 Å². The van der Waals surface area contributed by atoms with Gasteiger partial charge in [0.05, 0.1) is 0 Å². The minimum absolute atomic E-state index is 1.35. The third-order valence-electron chi connectivity index (χ3n) is 0.0559. The van der Waals surface area contributed by atoms with E-state index in [-0.39, 0.29) is 0 Å². The highest BCUT2D eigenvalue weighted by Crippen LogP contribution is 1.27. The Morgan fingerprint density at radius 1 is 1.75 bits per heavy atom. The molecule has 1 nitrogen and oxygen atoms in total. The Morgan fingerprint density at radius 3 is 2.00 bits per heavy atom. The van der Waals surface area contributed by atoms with E-state index in [1.54, 1.807) is 0 Å². The van der Waals surface area contributed by atoms with Crippen LogP contribution < -0.4 is 0 Å². The van der Waals surface area contributed by atoms with Crippen LogP contribution in [-0.2, 0) is 0 Å². The number of hydrogen-bond donors (Lipinski definition) is 0. The Balaban J connectivity index is 3.14. The zero-order valence-corrected chi connectivity index (χ0v) is 1.95. The molecule has 1 heteroatoms. The lowest BCUT2D eigenvalue weighted by Gasteiger charge is -1.46. The lowest BCUT2D eigenvalue weighted by Crippen LogP contribution is -1.25. The summed E-state index contributed by atoms with van der Waals surface area (Å²) in [5.41, 5.74) is 0. The van der Waals surface area contributed by atoms with Crippen LogP contribution in [-0.4, -0.2) is 0 Å². The Labute approximate surface area is 24.9 Å². The van der Waals surface area contributed by atoms with Crippen LogP contribution in [0.3, 0.4) is 0 Å². The summed E-state index contributed by atoms with van der Waals surface area (Å²) in [7, 11) is 0. The van der Waals surface area contributed by atoms with E-state index < -0.39 is 0 Å². The summed E-state index contributed by atoms with van der Waals surface area (Å²) >= 11 is 0. The second-order valence-corrected chi connectivity index (χ2v) is 0.237. The van der Waals surface area contributed by atoms with Crippen LogP contribution in [0.25, 0.3) is 0 Å². The average Bonchev–Trinajstić information content (AvgIpc) is 1.37. The van der Waals surface area contributed by atoms with Crippen LogP contribution in [0.4, 0.5) is 0 Å². The normalized spacial score (nSPS) is 2.50. The van der Waals surface area contributed by atoms with Crippen molar-refractivity contribution in [3.63, 3.8) is 0 Å². The van der Waals surface area contributed by atoms with Gasteiger partial charge in [-0.3, -0.25) is 0 Å². The molecule has 0 saturated heterocycles. The standard InChI is InChI=1S/C3N/c1-2-3-4/q-1. The molecule has 0 saturated carbocycles. The van der Waals surface area contributed by atoms with Gasteiger partial charge in [0.1, 0.15) is 0 Å². The van der Waals surface area contributed by atoms with Crippen molar-refractivity contribution < 1.29 is 0 Å². The molecule has 18 valence electrons. The summed E-state index contributed by atoms with van der Waals surface area (Å²) in [6.07, 6.45) is 5.84. The molecule has 0 aliphatic heterocycles. The third-order valence-corrected chi connectivity index (χ3v) is 0.0559. The highest BCUT2D eigenvalue weighted by atomic mass is 14.2. The molecule has 0 aromatic rings. The molecule has 0 aliphatic carbocycles. The minimum Gasteiger partial charge on any atom is -0.356 e. The van der Waals surface area contributed by atoms with E-state index >= 15 is 0 Å². The minimum atomic E-state index is 1.35. The summed E-state index contributed by atoms with van der Waals surface area (Å²) in [4.78, 5) is 0. The molecule has 0 N–H and O–H groups in total. The maximum absolute atomic E-state index is 7.33. The first-order chi connectivity index (χ1) is 1.91. The maximum Gasteiger partial charge on any atom is -0.0920 e. The molecule has 0 amide bonds. The third kappa shape index (κ3) is 1.05. The van der Waals surface area contributed by atoms with Gasteiger partial charge in [0.2, 0.25) is 0 Å². The van der Waals surface area contributed by atoms with E-state index in [4.69, 9.17) is 11.7 Å². The Morgan fingerprint density at radius 2 is 2.00 bits per heavy atom. The monoisotopic (exact) mass is 50.0 g/mol. The molecular formula is C3N-. The quantitative estimate of drug-likeness (QED) is 0.282. The fourth-order valence-corrected chi connectivity index (χ4v) is 0. The number of nitrogens with zero attached hydrogens (tertiary/aromatic N) is 1. The number of hydrogen-bond acceptors (Lipinski definition) is 1. The highest BCUT2D eigenvalue weighted by Gasteiger charge is 1.08. The van der Waals surface area contributed by atoms with Crippen molar-refractivity contribution in [3.8, 4) is 12.0 Å². The summed E-state index contributed by atoms with van der Waals surface area (Å²) in [6, 6.07) is 1.35. The molecule has 4 heavy (non-hydrogen) atoms. The summed E-state index contributed by atoms with van der Waals surface area (Å²) in [5.74, 6) is 1.49. The zero-order valence-electron chi connectivity index (χ0n) is 1.95. The molecule has 0 aliphatic rings. The second-order valence-electron chi connectivity index (χ2n) is 0.237. The molecule has 0 aromatic heterocycles. The van der Waals surface area contributed by atoms with Crippen LogP contribution in [0.2, 0.25) is 0 Å². The van der Waals surface area contributed by atoms with Crippen LogP contribution in [0.1, 0.15) is 0 Å². The molecule has 0 heterocycles. The summed E-state index contributed by atoms with van der Waals surface area (Å²) in [5, 5.41) is 7.33. The van der Waals surface area contributed by atoms with Gasteiger partial charge in [-0.05, 0) is 0 Å². The van der Waals surface area contributed by atoms with E-state index in [2.05, 4.69) is 0 Å². The maximum atomic E-state index is 7.33. The molecule has 0 bridgehead atoms. The van der Waals surface area contributed by atoms with E-state index in [9.17, 15) is 0 Å². The SMILES string of the molecule is [C-]#CC#N. The number of rotatable bonds is 0. The van der Waals surface area contributed by atoms with E-state index in [0.717, 1.165) is 0 Å². The van der Waals surface area contributed by atoms with Crippen LogP contribution in [0.5, 0.6) is 0 Å². The molecule has 0 atom stereocenters. The largest absolute Gasteiger partial charge is 0.356 e. The van der Waals surface area contributed by atoms with Gasteiger partial charge in [0, 0.05) is 0 Å². The Bertz CT molecular complexity index is 58.3. The van der Waals surface area contributed by atoms with Crippen molar-refractivity contribution in [2.45, 2.75) is 0 Å². The van der Waals surface area contributed by atoms with E-state index in [0.29, 0.717) is 0 Å². The smallest absolute Gasteiger partial charge is 0.0920 e. The van der Waals surface area contributed by atoms with Gasteiger partial charge in [-0.15, -0.1) is 0 Å². The molecule has 0 spiro atoms. The van der Waals surface area contributed by atoms with Crippen molar-refractivity contribution in [2.24, 2.45) is 0 Å². The molecule has 0 rings (SSSR count). The van der Waals surface area contributed by atoms with Crippen LogP contribution in [0.15, 0.2) is 0 Å². The molecule has 0 unspecified atom stereocenters. The number of nitriles is 1.